The zero-order valence-corrected chi connectivity index (χ0v) is 12.3. The predicted molar refractivity (Wildman–Crippen MR) is 76.4 cm³/mol. The lowest BCUT2D eigenvalue weighted by Gasteiger charge is -2.29. The van der Waals surface area contributed by atoms with Gasteiger partial charge in [-0.05, 0) is 11.6 Å². The van der Waals surface area contributed by atoms with Gasteiger partial charge in [0.15, 0.2) is 5.75 Å². The summed E-state index contributed by atoms with van der Waals surface area (Å²) in [6.45, 7) is 3.30. The van der Waals surface area contributed by atoms with Gasteiger partial charge in [0.1, 0.15) is 0 Å². The Kier molecular flexibility index (Phi) is 6.21. The molecule has 1 atom stereocenters. The highest BCUT2D eigenvalue weighted by Gasteiger charge is 2.30. The molecule has 4 N–H and O–H groups in total. The van der Waals surface area contributed by atoms with Gasteiger partial charge in [-0.2, -0.15) is 0 Å². The number of rotatable bonds is 5. The molecule has 0 amide bonds. The monoisotopic (exact) mass is 306 g/mol. The Morgan fingerprint density at radius 2 is 2.05 bits per heavy atom. The topological polar surface area (TPSA) is 119 Å². The molecule has 0 aliphatic carbocycles. The van der Waals surface area contributed by atoms with Crippen LogP contribution in [0.25, 0.3) is 0 Å². The Balaban J connectivity index is 0.00000361. The Morgan fingerprint density at radius 1 is 1.50 bits per heavy atom. The number of nitro groups is 1. The van der Waals surface area contributed by atoms with E-state index in [1.54, 1.807) is 13.8 Å². The Bertz CT molecular complexity index is 493. The quantitative estimate of drug-likeness (QED) is 0.563. The van der Waals surface area contributed by atoms with Gasteiger partial charge in [0.05, 0.1) is 12.0 Å². The van der Waals surface area contributed by atoms with Crippen LogP contribution in [-0.2, 0) is 0 Å². The third kappa shape index (κ3) is 3.50. The number of methoxy groups -OCH3 is 1. The number of ether oxygens (including phenoxy) is 1. The van der Waals surface area contributed by atoms with Crippen molar-refractivity contribution in [2.45, 2.75) is 19.9 Å². The van der Waals surface area contributed by atoms with E-state index < -0.39 is 27.8 Å². The Labute approximate surface area is 122 Å². The van der Waals surface area contributed by atoms with Crippen molar-refractivity contribution in [3.05, 3.63) is 27.8 Å². The van der Waals surface area contributed by atoms with Gasteiger partial charge in [-0.25, -0.2) is 0 Å². The first-order valence-electron chi connectivity index (χ1n) is 5.66. The Morgan fingerprint density at radius 3 is 2.45 bits per heavy atom. The zero-order valence-electron chi connectivity index (χ0n) is 11.5. The molecule has 20 heavy (non-hydrogen) atoms. The average Bonchev–Trinajstić information content (AvgIpc) is 2.37. The maximum absolute atomic E-state index is 10.9. The number of phenolic OH excluding ortho intramolecular Hbond substituents is 1. The van der Waals surface area contributed by atoms with Gasteiger partial charge >= 0.3 is 5.69 Å². The molecule has 0 radical (unpaired) electrons. The van der Waals surface area contributed by atoms with Crippen LogP contribution in [0.4, 0.5) is 5.69 Å². The minimum atomic E-state index is -0.708. The number of aliphatic hydroxyl groups is 1. The molecule has 1 rings (SSSR count). The molecule has 7 nitrogen and oxygen atoms in total. The van der Waals surface area contributed by atoms with Crippen LogP contribution in [0.1, 0.15) is 25.5 Å². The van der Waals surface area contributed by atoms with E-state index in [0.29, 0.717) is 5.56 Å². The van der Waals surface area contributed by atoms with E-state index in [0.717, 1.165) is 0 Å². The number of nitrogens with zero attached hydrogens (tertiary/aromatic N) is 1. The largest absolute Gasteiger partial charge is 0.500 e. The number of halogens is 1. The van der Waals surface area contributed by atoms with E-state index in [1.165, 1.54) is 19.2 Å². The summed E-state index contributed by atoms with van der Waals surface area (Å²) in [5.41, 5.74) is 5.29. The van der Waals surface area contributed by atoms with Crippen molar-refractivity contribution in [1.29, 1.82) is 0 Å². The van der Waals surface area contributed by atoms with E-state index in [1.807, 2.05) is 0 Å². The van der Waals surface area contributed by atoms with Crippen LogP contribution >= 0.6 is 12.4 Å². The highest BCUT2D eigenvalue weighted by molar-refractivity contribution is 5.85. The van der Waals surface area contributed by atoms with E-state index >= 15 is 0 Å². The second-order valence-corrected chi connectivity index (χ2v) is 4.97. The lowest BCUT2D eigenvalue weighted by atomic mass is 9.81. The van der Waals surface area contributed by atoms with E-state index in [4.69, 9.17) is 10.5 Å². The lowest BCUT2D eigenvalue weighted by molar-refractivity contribution is -0.386. The fraction of sp³-hybridized carbons (Fsp3) is 0.500. The minimum absolute atomic E-state index is 0. The number of aliphatic hydroxyl groups excluding tert-OH is 1. The third-order valence-electron chi connectivity index (χ3n) is 3.10. The normalized spacial score (nSPS) is 12.4. The number of aromatic hydroxyl groups is 1. The Hall–Kier alpha value is -1.57. The van der Waals surface area contributed by atoms with Gasteiger partial charge in [-0.1, -0.05) is 13.8 Å². The van der Waals surface area contributed by atoms with Gasteiger partial charge in [0.2, 0.25) is 5.75 Å². The van der Waals surface area contributed by atoms with Crippen LogP contribution in [0.15, 0.2) is 12.1 Å². The molecule has 0 aliphatic rings. The second-order valence-electron chi connectivity index (χ2n) is 4.97. The van der Waals surface area contributed by atoms with E-state index in [2.05, 4.69) is 0 Å². The molecule has 0 heterocycles. The summed E-state index contributed by atoms with van der Waals surface area (Å²) >= 11 is 0. The zero-order chi connectivity index (χ0) is 14.8. The molecule has 0 spiro atoms. The number of hydrogen-bond donors (Lipinski definition) is 3. The number of phenols is 1. The molecule has 1 aromatic carbocycles. The molecule has 8 heteroatoms. The summed E-state index contributed by atoms with van der Waals surface area (Å²) in [6, 6.07) is 2.00. The minimum Gasteiger partial charge on any atom is -0.500 e. The summed E-state index contributed by atoms with van der Waals surface area (Å²) in [5, 5.41) is 29.8. The van der Waals surface area contributed by atoms with Crippen LogP contribution in [0.2, 0.25) is 0 Å². The smallest absolute Gasteiger partial charge is 0.314 e. The molecule has 1 aromatic rings. The molecule has 0 aliphatic heterocycles. The van der Waals surface area contributed by atoms with Crippen molar-refractivity contribution in [3.63, 3.8) is 0 Å². The van der Waals surface area contributed by atoms with Crippen LogP contribution in [0, 0.1) is 15.5 Å². The fourth-order valence-electron chi connectivity index (χ4n) is 1.64. The average molecular weight is 307 g/mol. The van der Waals surface area contributed by atoms with Crippen LogP contribution in [-0.4, -0.2) is 28.9 Å². The molecule has 0 bridgehead atoms. The van der Waals surface area contributed by atoms with Crippen molar-refractivity contribution in [2.24, 2.45) is 11.1 Å². The third-order valence-corrected chi connectivity index (χ3v) is 3.10. The molecule has 0 saturated carbocycles. The first-order valence-corrected chi connectivity index (χ1v) is 5.66. The van der Waals surface area contributed by atoms with Crippen LogP contribution in [0.5, 0.6) is 11.5 Å². The maximum atomic E-state index is 10.9. The van der Waals surface area contributed by atoms with Crippen molar-refractivity contribution < 1.29 is 19.9 Å². The molecule has 0 fully saturated rings. The molecule has 114 valence electrons. The molecular weight excluding hydrogens is 288 g/mol. The number of nitro benzene ring substituents is 1. The predicted octanol–water partition coefficient (Wildman–Crippen LogP) is 1.75. The standard InChI is InChI=1S/C12H18N2O5.ClH/c1-12(2,6-15)11(13)7-4-8(14(17)18)10(16)9(5-7)19-3;/h4-5,11,15-16H,6,13H2,1-3H3;1H/t11-;/m1./s1. The summed E-state index contributed by atoms with van der Waals surface area (Å²) in [6.07, 6.45) is 0. The second kappa shape index (κ2) is 6.74. The van der Waals surface area contributed by atoms with Crippen LogP contribution < -0.4 is 10.5 Å². The van der Waals surface area contributed by atoms with Gasteiger partial charge in [0, 0.05) is 24.1 Å². The first kappa shape index (κ1) is 18.4. The molecule has 0 aromatic heterocycles. The maximum Gasteiger partial charge on any atom is 0.314 e. The fourth-order valence-corrected chi connectivity index (χ4v) is 1.64. The molecular formula is C12H19ClN2O5. The van der Waals surface area contributed by atoms with Crippen molar-refractivity contribution in [1.82, 2.24) is 0 Å². The van der Waals surface area contributed by atoms with Crippen molar-refractivity contribution in [3.8, 4) is 11.5 Å². The summed E-state index contributed by atoms with van der Waals surface area (Å²) in [5.74, 6) is -0.557. The SMILES string of the molecule is COc1cc([C@@H](N)C(C)(C)CO)cc([N+](=O)[O-])c1O.Cl. The highest BCUT2D eigenvalue weighted by atomic mass is 35.5. The van der Waals surface area contributed by atoms with Gasteiger partial charge in [0.25, 0.3) is 0 Å². The van der Waals surface area contributed by atoms with Crippen LogP contribution in [0.3, 0.4) is 0 Å². The summed E-state index contributed by atoms with van der Waals surface area (Å²) < 4.78 is 4.90. The first-order chi connectivity index (χ1) is 8.74. The molecule has 0 unspecified atom stereocenters. The van der Waals surface area contributed by atoms with Gasteiger partial charge in [-0.15, -0.1) is 12.4 Å². The van der Waals surface area contributed by atoms with Crippen molar-refractivity contribution >= 4 is 18.1 Å². The summed E-state index contributed by atoms with van der Waals surface area (Å²) in [4.78, 5) is 10.2. The number of nitrogens with two attached hydrogens (primary N) is 1. The van der Waals surface area contributed by atoms with Gasteiger partial charge < -0.3 is 20.7 Å². The number of hydrogen-bond acceptors (Lipinski definition) is 6. The number of benzene rings is 1. The van der Waals surface area contributed by atoms with E-state index in [-0.39, 0.29) is 24.8 Å². The van der Waals surface area contributed by atoms with Crippen molar-refractivity contribution in [2.75, 3.05) is 13.7 Å². The molecule has 0 saturated heterocycles. The van der Waals surface area contributed by atoms with E-state index in [9.17, 15) is 20.3 Å². The summed E-state index contributed by atoms with van der Waals surface area (Å²) in [7, 11) is 1.30. The highest BCUT2D eigenvalue weighted by Crippen LogP contribution is 2.41. The van der Waals surface area contributed by atoms with Gasteiger partial charge in [-0.3, -0.25) is 10.1 Å². The lowest BCUT2D eigenvalue weighted by Crippen LogP contribution is -2.32.